The molecule has 0 saturated heterocycles. The van der Waals surface area contributed by atoms with Gasteiger partial charge in [-0.3, -0.25) is 4.90 Å². The molecule has 152 valence electrons. The summed E-state index contributed by atoms with van der Waals surface area (Å²) in [6, 6.07) is 12.9. The van der Waals surface area contributed by atoms with Crippen molar-refractivity contribution in [3.63, 3.8) is 0 Å². The van der Waals surface area contributed by atoms with E-state index in [2.05, 4.69) is 16.3 Å². The molecule has 0 saturated carbocycles. The summed E-state index contributed by atoms with van der Waals surface area (Å²) >= 11 is 0. The van der Waals surface area contributed by atoms with Crippen LogP contribution in [0.1, 0.15) is 11.1 Å². The van der Waals surface area contributed by atoms with E-state index in [9.17, 15) is 26.7 Å². The molecular weight excluding hydrogens is 393 g/mol. The van der Waals surface area contributed by atoms with Gasteiger partial charge < -0.3 is 10.4 Å². The maximum absolute atomic E-state index is 12.9. The molecule has 28 heavy (non-hydrogen) atoms. The Morgan fingerprint density at radius 1 is 1.07 bits per heavy atom. The quantitative estimate of drug-likeness (QED) is 0.761. The Kier molecular flexibility index (Phi) is 5.97. The summed E-state index contributed by atoms with van der Waals surface area (Å²) < 4.78 is 62.0. The number of benzene rings is 2. The maximum Gasteiger partial charge on any atom is 0.501 e. The second-order valence-corrected chi connectivity index (χ2v) is 8.64. The summed E-state index contributed by atoms with van der Waals surface area (Å²) in [7, 11) is -5.47. The Morgan fingerprint density at radius 2 is 1.71 bits per heavy atom. The number of halogens is 3. The van der Waals surface area contributed by atoms with Gasteiger partial charge in [0.15, 0.2) is 0 Å². The summed E-state index contributed by atoms with van der Waals surface area (Å²) in [4.78, 5) is 1.22. The number of rotatable bonds is 6. The zero-order valence-corrected chi connectivity index (χ0v) is 15.8. The minimum atomic E-state index is -5.47. The van der Waals surface area contributed by atoms with E-state index in [1.165, 1.54) is 29.3 Å². The van der Waals surface area contributed by atoms with Crippen LogP contribution < -0.4 is 5.32 Å². The Bertz CT molecular complexity index is 932. The van der Waals surface area contributed by atoms with Crippen molar-refractivity contribution < 1.29 is 26.7 Å². The maximum atomic E-state index is 12.9. The van der Waals surface area contributed by atoms with E-state index >= 15 is 0 Å². The summed E-state index contributed by atoms with van der Waals surface area (Å²) in [5.74, 6) is 0. The molecule has 0 aromatic heterocycles. The third-order valence-electron chi connectivity index (χ3n) is 4.69. The smallest absolute Gasteiger partial charge is 0.390 e. The number of β-amino-alcohol motifs (C(OH)–C–C–N with tert-alkyl or cyclic N) is 1. The summed E-state index contributed by atoms with van der Waals surface area (Å²) in [5.41, 5.74) is -3.10. The van der Waals surface area contributed by atoms with Crippen LogP contribution in [0.3, 0.4) is 0 Å². The molecule has 0 radical (unpaired) electrons. The molecule has 1 unspecified atom stereocenters. The zero-order chi connectivity index (χ0) is 20.4. The fraction of sp³-hybridized carbons (Fsp3) is 0.368. The Balaban J connectivity index is 1.62. The van der Waals surface area contributed by atoms with Crippen LogP contribution in [0.5, 0.6) is 0 Å². The summed E-state index contributed by atoms with van der Waals surface area (Å²) in [5, 5.41) is 12.9. The van der Waals surface area contributed by atoms with E-state index in [0.717, 1.165) is 19.0 Å². The van der Waals surface area contributed by atoms with Crippen LogP contribution in [0.4, 0.5) is 18.9 Å². The van der Waals surface area contributed by atoms with Crippen molar-refractivity contribution in [2.45, 2.75) is 29.5 Å². The van der Waals surface area contributed by atoms with Crippen molar-refractivity contribution in [1.82, 2.24) is 4.90 Å². The molecule has 0 fully saturated rings. The normalized spacial score (nSPS) is 16.4. The van der Waals surface area contributed by atoms with Gasteiger partial charge in [-0.2, -0.15) is 13.2 Å². The van der Waals surface area contributed by atoms with Gasteiger partial charge in [-0.15, -0.1) is 0 Å². The standard InChI is InChI=1S/C19H21F3N2O3S/c20-19(21,22)28(26,27)18-8-4-3-7-17(18)23-11-16(25)13-24-10-9-14-5-1-2-6-15(14)12-24/h1-8,16,23,25H,9-13H2. The lowest BCUT2D eigenvalue weighted by atomic mass is 10.00. The van der Waals surface area contributed by atoms with Gasteiger partial charge in [0.2, 0.25) is 0 Å². The molecule has 0 bridgehead atoms. The van der Waals surface area contributed by atoms with Gasteiger partial charge in [0.25, 0.3) is 9.84 Å². The fourth-order valence-electron chi connectivity index (χ4n) is 3.27. The highest BCUT2D eigenvalue weighted by atomic mass is 32.2. The van der Waals surface area contributed by atoms with E-state index in [4.69, 9.17) is 0 Å². The summed E-state index contributed by atoms with van der Waals surface area (Å²) in [6.07, 6.45) is -0.00453. The number of aliphatic hydroxyl groups excluding tert-OH is 1. The van der Waals surface area contributed by atoms with Gasteiger partial charge >= 0.3 is 5.51 Å². The van der Waals surface area contributed by atoms with Crippen LogP contribution in [0.2, 0.25) is 0 Å². The molecule has 3 rings (SSSR count). The SMILES string of the molecule is O=S(=O)(c1ccccc1NCC(O)CN1CCc2ccccc2C1)C(F)(F)F. The van der Waals surface area contributed by atoms with Crippen LogP contribution in [-0.2, 0) is 22.8 Å². The predicted molar refractivity (Wildman–Crippen MR) is 99.6 cm³/mol. The number of fused-ring (bicyclic) bond motifs is 1. The molecule has 1 aliphatic heterocycles. The molecule has 1 atom stereocenters. The van der Waals surface area contributed by atoms with Crippen LogP contribution in [0, 0.1) is 0 Å². The molecule has 0 aliphatic carbocycles. The molecule has 2 N–H and O–H groups in total. The Labute approximate surface area is 161 Å². The number of nitrogens with zero attached hydrogens (tertiary/aromatic N) is 1. The first-order chi connectivity index (χ1) is 13.2. The molecule has 2 aromatic carbocycles. The number of para-hydroxylation sites is 1. The van der Waals surface area contributed by atoms with E-state index in [-0.39, 0.29) is 12.2 Å². The van der Waals surface area contributed by atoms with E-state index in [0.29, 0.717) is 13.1 Å². The number of hydrogen-bond acceptors (Lipinski definition) is 5. The molecule has 1 aliphatic rings. The molecule has 1 heterocycles. The molecule has 0 spiro atoms. The first kappa shape index (κ1) is 20.6. The lowest BCUT2D eigenvalue weighted by molar-refractivity contribution is -0.0435. The second-order valence-electron chi connectivity index (χ2n) is 6.73. The Hall–Kier alpha value is -2.10. The van der Waals surface area contributed by atoms with Crippen molar-refractivity contribution in [3.8, 4) is 0 Å². The van der Waals surface area contributed by atoms with Crippen LogP contribution >= 0.6 is 0 Å². The highest BCUT2D eigenvalue weighted by Crippen LogP contribution is 2.34. The topological polar surface area (TPSA) is 69.6 Å². The lowest BCUT2D eigenvalue weighted by Crippen LogP contribution is -2.39. The highest BCUT2D eigenvalue weighted by molar-refractivity contribution is 7.92. The van der Waals surface area contributed by atoms with Crippen LogP contribution in [0.25, 0.3) is 0 Å². The monoisotopic (exact) mass is 414 g/mol. The van der Waals surface area contributed by atoms with Crippen molar-refractivity contribution in [1.29, 1.82) is 0 Å². The highest BCUT2D eigenvalue weighted by Gasteiger charge is 2.47. The number of nitrogens with one attached hydrogen (secondary N) is 1. The average Bonchev–Trinajstić information content (AvgIpc) is 2.65. The van der Waals surface area contributed by atoms with Gasteiger partial charge in [0.1, 0.15) is 0 Å². The largest absolute Gasteiger partial charge is 0.501 e. The minimum Gasteiger partial charge on any atom is -0.390 e. The van der Waals surface area contributed by atoms with Gasteiger partial charge in [-0.25, -0.2) is 8.42 Å². The number of hydrogen-bond donors (Lipinski definition) is 2. The number of alkyl halides is 3. The van der Waals surface area contributed by atoms with Crippen molar-refractivity contribution in [3.05, 3.63) is 59.7 Å². The molecular formula is C19H21F3N2O3S. The third-order valence-corrected chi connectivity index (χ3v) is 6.23. The minimum absolute atomic E-state index is 0.0669. The second kappa shape index (κ2) is 8.10. The van der Waals surface area contributed by atoms with Crippen LogP contribution in [0.15, 0.2) is 53.4 Å². The lowest BCUT2D eigenvalue weighted by Gasteiger charge is -2.30. The van der Waals surface area contributed by atoms with Gasteiger partial charge in [-0.05, 0) is 29.7 Å². The number of aliphatic hydroxyl groups is 1. The molecule has 0 amide bonds. The molecule has 9 heteroatoms. The van der Waals surface area contributed by atoms with Crippen molar-refractivity contribution in [2.75, 3.05) is 25.0 Å². The first-order valence-electron chi connectivity index (χ1n) is 8.80. The van der Waals surface area contributed by atoms with Gasteiger partial charge in [0.05, 0.1) is 16.7 Å². The number of sulfone groups is 1. The van der Waals surface area contributed by atoms with Gasteiger partial charge in [-0.1, -0.05) is 36.4 Å². The van der Waals surface area contributed by atoms with E-state index < -0.39 is 26.3 Å². The molecule has 5 nitrogen and oxygen atoms in total. The van der Waals surface area contributed by atoms with E-state index in [1.807, 2.05) is 18.2 Å². The first-order valence-corrected chi connectivity index (χ1v) is 10.3. The van der Waals surface area contributed by atoms with Crippen molar-refractivity contribution in [2.24, 2.45) is 0 Å². The van der Waals surface area contributed by atoms with E-state index in [1.54, 1.807) is 0 Å². The van der Waals surface area contributed by atoms with Gasteiger partial charge in [0, 0.05) is 26.2 Å². The van der Waals surface area contributed by atoms with Crippen molar-refractivity contribution >= 4 is 15.5 Å². The summed E-state index contributed by atoms with van der Waals surface area (Å²) in [6.45, 7) is 1.72. The zero-order valence-electron chi connectivity index (χ0n) is 15.0. The molecule has 2 aromatic rings. The van der Waals surface area contributed by atoms with Crippen LogP contribution in [-0.4, -0.2) is 49.7 Å². The fourth-order valence-corrected chi connectivity index (χ4v) is 4.21. The average molecular weight is 414 g/mol. The predicted octanol–water partition coefficient (Wildman–Crippen LogP) is 2.81. The Morgan fingerprint density at radius 3 is 2.43 bits per heavy atom. The number of anilines is 1. The third kappa shape index (κ3) is 4.48.